The molecule has 2 heterocycles. The predicted octanol–water partition coefficient (Wildman–Crippen LogP) is 3.38. The average Bonchev–Trinajstić information content (AvgIpc) is 2.96. The molecule has 5 heteroatoms. The second kappa shape index (κ2) is 10.1. The number of hydrogen-bond donors (Lipinski definition) is 0. The summed E-state index contributed by atoms with van der Waals surface area (Å²) in [5, 5.41) is 4.50. The van der Waals surface area contributed by atoms with Gasteiger partial charge in [-0.3, -0.25) is 9.48 Å². The van der Waals surface area contributed by atoms with E-state index >= 15 is 0 Å². The van der Waals surface area contributed by atoms with Crippen molar-refractivity contribution >= 4 is 5.91 Å². The summed E-state index contributed by atoms with van der Waals surface area (Å²) in [6.45, 7) is 8.10. The van der Waals surface area contributed by atoms with E-state index < -0.39 is 0 Å². The van der Waals surface area contributed by atoms with E-state index in [4.69, 9.17) is 0 Å². The van der Waals surface area contributed by atoms with Gasteiger partial charge in [0.05, 0.1) is 5.69 Å². The van der Waals surface area contributed by atoms with Crippen LogP contribution in [-0.4, -0.2) is 58.7 Å². The quantitative estimate of drug-likeness (QED) is 0.687. The van der Waals surface area contributed by atoms with Gasteiger partial charge in [0.2, 0.25) is 5.91 Å². The number of benzene rings is 1. The largest absolute Gasteiger partial charge is 0.342 e. The van der Waals surface area contributed by atoms with Crippen LogP contribution >= 0.6 is 0 Å². The maximum absolute atomic E-state index is 13.2. The van der Waals surface area contributed by atoms with Crippen molar-refractivity contribution in [3.8, 4) is 0 Å². The molecule has 2 aromatic rings. The van der Waals surface area contributed by atoms with Crippen molar-refractivity contribution in [2.45, 2.75) is 46.0 Å². The van der Waals surface area contributed by atoms with E-state index in [9.17, 15) is 4.79 Å². The molecule has 29 heavy (non-hydrogen) atoms. The number of aryl methyl sites for hydroxylation is 2. The first kappa shape index (κ1) is 21.6. The summed E-state index contributed by atoms with van der Waals surface area (Å²) in [4.78, 5) is 17.7. The molecule has 0 atom stereocenters. The summed E-state index contributed by atoms with van der Waals surface area (Å²) in [5.74, 6) is 0.898. The normalized spacial score (nSPS) is 15.6. The van der Waals surface area contributed by atoms with Gasteiger partial charge in [-0.2, -0.15) is 5.10 Å². The molecular formula is C24H36N4O. The van der Waals surface area contributed by atoms with E-state index in [0.29, 0.717) is 12.3 Å². The molecule has 0 saturated carbocycles. The topological polar surface area (TPSA) is 41.4 Å². The number of carbonyl (C=O) groups excluding carboxylic acids is 1. The van der Waals surface area contributed by atoms with Crippen LogP contribution in [0.2, 0.25) is 0 Å². The molecule has 0 spiro atoms. The molecule has 1 aromatic heterocycles. The SMILES string of the molecule is Cc1nn(C)c(C)c1CCC(=O)N(CCc1ccccc1)CC1CCN(C)CC1. The minimum Gasteiger partial charge on any atom is -0.342 e. The minimum absolute atomic E-state index is 0.280. The van der Waals surface area contributed by atoms with E-state index in [-0.39, 0.29) is 5.91 Å². The van der Waals surface area contributed by atoms with Crippen molar-refractivity contribution in [1.82, 2.24) is 19.6 Å². The number of piperidine rings is 1. The molecule has 1 aliphatic heterocycles. The Morgan fingerprint density at radius 3 is 2.41 bits per heavy atom. The standard InChI is InChI=1S/C24H36N4O/c1-19-23(20(2)27(4)25-19)10-11-24(29)28(17-14-21-8-6-5-7-9-21)18-22-12-15-26(3)16-13-22/h5-9,22H,10-18H2,1-4H3. The van der Waals surface area contributed by atoms with Crippen LogP contribution in [0.4, 0.5) is 0 Å². The van der Waals surface area contributed by atoms with Gasteiger partial charge >= 0.3 is 0 Å². The summed E-state index contributed by atoms with van der Waals surface area (Å²) in [7, 11) is 4.16. The molecule has 158 valence electrons. The van der Waals surface area contributed by atoms with Crippen molar-refractivity contribution in [2.75, 3.05) is 33.2 Å². The molecular weight excluding hydrogens is 360 g/mol. The molecule has 0 aliphatic carbocycles. The Labute approximate surface area is 175 Å². The number of aromatic nitrogens is 2. The molecule has 0 bridgehead atoms. The highest BCUT2D eigenvalue weighted by Crippen LogP contribution is 2.20. The van der Waals surface area contributed by atoms with Crippen molar-refractivity contribution in [2.24, 2.45) is 13.0 Å². The second-order valence-corrected chi connectivity index (χ2v) is 8.59. The number of hydrogen-bond acceptors (Lipinski definition) is 3. The van der Waals surface area contributed by atoms with E-state index in [1.54, 1.807) is 0 Å². The summed E-state index contributed by atoms with van der Waals surface area (Å²) >= 11 is 0. The van der Waals surface area contributed by atoms with Gasteiger partial charge in [0.15, 0.2) is 0 Å². The number of rotatable bonds is 8. The highest BCUT2D eigenvalue weighted by atomic mass is 16.2. The van der Waals surface area contributed by atoms with E-state index in [2.05, 4.69) is 53.1 Å². The molecule has 0 radical (unpaired) electrons. The zero-order valence-electron chi connectivity index (χ0n) is 18.5. The third kappa shape index (κ3) is 5.92. The lowest BCUT2D eigenvalue weighted by Crippen LogP contribution is -2.41. The number of likely N-dealkylation sites (tertiary alicyclic amines) is 1. The van der Waals surface area contributed by atoms with Gasteiger partial charge in [0.1, 0.15) is 0 Å². The van der Waals surface area contributed by atoms with Gasteiger partial charge in [0.25, 0.3) is 0 Å². The summed E-state index contributed by atoms with van der Waals surface area (Å²) in [6, 6.07) is 10.5. The lowest BCUT2D eigenvalue weighted by molar-refractivity contribution is -0.132. The van der Waals surface area contributed by atoms with Crippen LogP contribution in [0.15, 0.2) is 30.3 Å². The Morgan fingerprint density at radius 2 is 1.79 bits per heavy atom. The lowest BCUT2D eigenvalue weighted by atomic mass is 9.96. The van der Waals surface area contributed by atoms with Gasteiger partial charge in [0, 0.05) is 32.3 Å². The first-order valence-electron chi connectivity index (χ1n) is 10.9. The lowest BCUT2D eigenvalue weighted by Gasteiger charge is -2.33. The summed E-state index contributed by atoms with van der Waals surface area (Å²) in [6.07, 6.45) is 4.64. The first-order valence-corrected chi connectivity index (χ1v) is 10.9. The van der Waals surface area contributed by atoms with Crippen molar-refractivity contribution in [3.63, 3.8) is 0 Å². The molecule has 1 saturated heterocycles. The predicted molar refractivity (Wildman–Crippen MR) is 118 cm³/mol. The van der Waals surface area contributed by atoms with Gasteiger partial charge < -0.3 is 9.80 Å². The molecule has 1 amide bonds. The molecule has 3 rings (SSSR count). The third-order valence-electron chi connectivity index (χ3n) is 6.43. The fourth-order valence-corrected chi connectivity index (χ4v) is 4.35. The van der Waals surface area contributed by atoms with Crippen LogP contribution in [0.25, 0.3) is 0 Å². The molecule has 1 aliphatic rings. The Hall–Kier alpha value is -2.14. The van der Waals surface area contributed by atoms with Crippen LogP contribution in [-0.2, 0) is 24.7 Å². The fourth-order valence-electron chi connectivity index (χ4n) is 4.35. The Kier molecular flexibility index (Phi) is 7.48. The van der Waals surface area contributed by atoms with Crippen LogP contribution in [0.5, 0.6) is 0 Å². The first-order chi connectivity index (χ1) is 13.9. The fraction of sp³-hybridized carbons (Fsp3) is 0.583. The van der Waals surface area contributed by atoms with Gasteiger partial charge in [-0.25, -0.2) is 0 Å². The summed E-state index contributed by atoms with van der Waals surface area (Å²) < 4.78 is 1.92. The number of nitrogens with zero attached hydrogens (tertiary/aromatic N) is 4. The zero-order chi connectivity index (χ0) is 20.8. The average molecular weight is 397 g/mol. The third-order valence-corrected chi connectivity index (χ3v) is 6.43. The Balaban J connectivity index is 1.62. The Morgan fingerprint density at radius 1 is 1.10 bits per heavy atom. The molecule has 1 aromatic carbocycles. The van der Waals surface area contributed by atoms with Crippen molar-refractivity contribution in [1.29, 1.82) is 0 Å². The summed E-state index contributed by atoms with van der Waals surface area (Å²) in [5.41, 5.74) is 4.74. The highest BCUT2D eigenvalue weighted by Gasteiger charge is 2.23. The number of carbonyl (C=O) groups is 1. The van der Waals surface area contributed by atoms with E-state index in [1.165, 1.54) is 29.7 Å². The second-order valence-electron chi connectivity index (χ2n) is 8.59. The highest BCUT2D eigenvalue weighted by molar-refractivity contribution is 5.76. The number of amides is 1. The monoisotopic (exact) mass is 396 g/mol. The van der Waals surface area contributed by atoms with Crippen LogP contribution in [0, 0.1) is 19.8 Å². The van der Waals surface area contributed by atoms with Crippen molar-refractivity contribution in [3.05, 3.63) is 52.8 Å². The smallest absolute Gasteiger partial charge is 0.222 e. The van der Waals surface area contributed by atoms with Gasteiger partial charge in [-0.15, -0.1) is 0 Å². The molecule has 0 N–H and O–H groups in total. The zero-order valence-corrected chi connectivity index (χ0v) is 18.5. The Bertz CT molecular complexity index is 791. The van der Waals surface area contributed by atoms with Crippen LogP contribution < -0.4 is 0 Å². The minimum atomic E-state index is 0.280. The van der Waals surface area contributed by atoms with Gasteiger partial charge in [-0.05, 0) is 76.7 Å². The maximum atomic E-state index is 13.2. The molecule has 5 nitrogen and oxygen atoms in total. The molecule has 1 fully saturated rings. The van der Waals surface area contributed by atoms with E-state index in [1.807, 2.05) is 24.7 Å². The van der Waals surface area contributed by atoms with Gasteiger partial charge in [-0.1, -0.05) is 30.3 Å². The maximum Gasteiger partial charge on any atom is 0.222 e. The van der Waals surface area contributed by atoms with Crippen LogP contribution in [0.1, 0.15) is 41.8 Å². The van der Waals surface area contributed by atoms with Crippen molar-refractivity contribution < 1.29 is 4.79 Å². The van der Waals surface area contributed by atoms with Crippen LogP contribution in [0.3, 0.4) is 0 Å². The van der Waals surface area contributed by atoms with E-state index in [0.717, 1.165) is 44.7 Å². The molecule has 0 unspecified atom stereocenters.